The summed E-state index contributed by atoms with van der Waals surface area (Å²) in [5, 5.41) is 19.4. The van der Waals surface area contributed by atoms with Crippen LogP contribution in [-0.4, -0.2) is 53.7 Å². The van der Waals surface area contributed by atoms with Gasteiger partial charge in [-0.1, -0.05) is 0 Å². The molecule has 1 amide bonds. The zero-order chi connectivity index (χ0) is 13.1. The van der Waals surface area contributed by atoms with Crippen LogP contribution >= 0.6 is 0 Å². The monoisotopic (exact) mass is 246 g/mol. The number of carboxylic acid groups (broad SMARTS) is 1. The van der Waals surface area contributed by atoms with E-state index in [0.29, 0.717) is 6.42 Å². The Labute approximate surface area is 97.3 Å². The Hall–Kier alpha value is -1.86. The van der Waals surface area contributed by atoms with E-state index in [1.54, 1.807) is 0 Å². The predicted octanol–water partition coefficient (Wildman–Crippen LogP) is 0.196. The van der Waals surface area contributed by atoms with Crippen LogP contribution in [0.2, 0.25) is 0 Å². The molecule has 0 aromatic rings. The lowest BCUT2D eigenvalue weighted by molar-refractivity contribution is -0.496. The minimum absolute atomic E-state index is 0.00157. The summed E-state index contributed by atoms with van der Waals surface area (Å²) >= 11 is 0. The molecule has 0 radical (unpaired) electrons. The van der Waals surface area contributed by atoms with Crippen molar-refractivity contribution in [3.05, 3.63) is 10.1 Å². The van der Waals surface area contributed by atoms with Crippen molar-refractivity contribution in [3.63, 3.8) is 0 Å². The summed E-state index contributed by atoms with van der Waals surface area (Å²) in [6, 6.07) is 0. The fraction of sp³-hybridized carbons (Fsp3) is 0.778. The molecule has 96 valence electrons. The highest BCUT2D eigenvalue weighted by Crippen LogP contribution is 2.34. The largest absolute Gasteiger partial charge is 0.469 e. The van der Waals surface area contributed by atoms with E-state index < -0.39 is 28.9 Å². The van der Waals surface area contributed by atoms with E-state index in [-0.39, 0.29) is 19.5 Å². The minimum atomic E-state index is -1.12. The van der Waals surface area contributed by atoms with E-state index in [9.17, 15) is 19.7 Å². The highest BCUT2D eigenvalue weighted by molar-refractivity contribution is 5.71. The molecule has 8 heteroatoms. The second-order valence-electron chi connectivity index (χ2n) is 4.20. The molecule has 1 aliphatic rings. The number of nitrogens with zero attached hydrogens (tertiary/aromatic N) is 2. The van der Waals surface area contributed by atoms with Gasteiger partial charge in [0.25, 0.3) is 0 Å². The number of carbonyl (C=O) groups is 2. The van der Waals surface area contributed by atoms with E-state index in [0.717, 1.165) is 4.90 Å². The van der Waals surface area contributed by atoms with Gasteiger partial charge < -0.3 is 14.7 Å². The number of rotatable bonds is 4. The molecule has 1 fully saturated rings. The molecular formula is C9H14N2O6. The summed E-state index contributed by atoms with van der Waals surface area (Å²) in [6.07, 6.45) is -0.955. The average molecular weight is 246 g/mol. The summed E-state index contributed by atoms with van der Waals surface area (Å²) in [6.45, 7) is -0.218. The molecule has 0 bridgehead atoms. The molecule has 1 atom stereocenters. The average Bonchev–Trinajstić information content (AvgIpc) is 2.61. The maximum atomic E-state index is 11.2. The van der Waals surface area contributed by atoms with Crippen LogP contribution in [0.1, 0.15) is 12.8 Å². The fourth-order valence-electron chi connectivity index (χ4n) is 2.08. The third kappa shape index (κ3) is 3.30. The predicted molar refractivity (Wildman–Crippen MR) is 55.1 cm³/mol. The van der Waals surface area contributed by atoms with Gasteiger partial charge in [-0.15, -0.1) is 0 Å². The lowest BCUT2D eigenvalue weighted by atomic mass is 9.83. The first-order valence-corrected chi connectivity index (χ1v) is 5.05. The Morgan fingerprint density at radius 1 is 1.59 bits per heavy atom. The molecule has 1 heterocycles. The highest BCUT2D eigenvalue weighted by atomic mass is 16.6. The fourth-order valence-corrected chi connectivity index (χ4v) is 2.08. The van der Waals surface area contributed by atoms with Crippen molar-refractivity contribution in [3.8, 4) is 0 Å². The van der Waals surface area contributed by atoms with E-state index in [4.69, 9.17) is 5.11 Å². The third-order valence-corrected chi connectivity index (χ3v) is 2.92. The molecule has 1 rings (SSSR count). The number of esters is 1. The molecule has 1 aliphatic heterocycles. The Balaban J connectivity index is 2.78. The Morgan fingerprint density at radius 3 is 2.65 bits per heavy atom. The van der Waals surface area contributed by atoms with Gasteiger partial charge in [0.1, 0.15) is 0 Å². The molecule has 1 saturated heterocycles. The molecule has 8 nitrogen and oxygen atoms in total. The number of hydrogen-bond acceptors (Lipinski definition) is 5. The molecular weight excluding hydrogens is 232 g/mol. The van der Waals surface area contributed by atoms with Crippen molar-refractivity contribution < 1.29 is 24.4 Å². The SMILES string of the molecule is COC(=O)CC1(C[N+](=O)[O-])CCN(C(=O)O)C1. The molecule has 17 heavy (non-hydrogen) atoms. The van der Waals surface area contributed by atoms with Crippen molar-refractivity contribution in [2.24, 2.45) is 5.41 Å². The zero-order valence-corrected chi connectivity index (χ0v) is 9.42. The topological polar surface area (TPSA) is 110 Å². The molecule has 0 aromatic heterocycles. The summed E-state index contributed by atoms with van der Waals surface area (Å²) in [7, 11) is 1.20. The molecule has 1 N–H and O–H groups in total. The van der Waals surface area contributed by atoms with Crippen molar-refractivity contribution >= 4 is 12.1 Å². The van der Waals surface area contributed by atoms with Gasteiger partial charge >= 0.3 is 12.1 Å². The molecule has 1 unspecified atom stereocenters. The second-order valence-corrected chi connectivity index (χ2v) is 4.20. The molecule has 0 spiro atoms. The van der Waals surface area contributed by atoms with Crippen LogP contribution in [0.5, 0.6) is 0 Å². The van der Waals surface area contributed by atoms with Gasteiger partial charge in [0.05, 0.1) is 18.9 Å². The zero-order valence-electron chi connectivity index (χ0n) is 9.42. The highest BCUT2D eigenvalue weighted by Gasteiger charge is 2.46. The van der Waals surface area contributed by atoms with Crippen LogP contribution < -0.4 is 0 Å². The Bertz CT molecular complexity index is 344. The summed E-state index contributed by atoms with van der Waals surface area (Å²) in [5.74, 6) is -0.556. The van der Waals surface area contributed by atoms with E-state index in [2.05, 4.69) is 4.74 Å². The number of ether oxygens (including phenoxy) is 1. The van der Waals surface area contributed by atoms with Crippen molar-refractivity contribution in [1.82, 2.24) is 4.90 Å². The standard InChI is InChI=1S/C9H14N2O6/c1-17-7(12)4-9(6-11(15)16)2-3-10(5-9)8(13)14/h2-6H2,1H3,(H,13,14). The number of nitro groups is 1. The molecule has 0 aliphatic carbocycles. The lowest BCUT2D eigenvalue weighted by Gasteiger charge is -2.22. The van der Waals surface area contributed by atoms with Crippen LogP contribution in [0.15, 0.2) is 0 Å². The van der Waals surface area contributed by atoms with Crippen LogP contribution in [0.3, 0.4) is 0 Å². The number of carbonyl (C=O) groups excluding carboxylic acids is 1. The van der Waals surface area contributed by atoms with Gasteiger partial charge in [0, 0.05) is 18.0 Å². The number of likely N-dealkylation sites (tertiary alicyclic amines) is 1. The first-order valence-electron chi connectivity index (χ1n) is 5.05. The number of methoxy groups -OCH3 is 1. The van der Waals surface area contributed by atoms with Crippen LogP contribution in [0, 0.1) is 15.5 Å². The smallest absolute Gasteiger partial charge is 0.407 e. The summed E-state index contributed by atoms with van der Waals surface area (Å²) < 4.78 is 4.49. The summed E-state index contributed by atoms with van der Waals surface area (Å²) in [4.78, 5) is 33.2. The van der Waals surface area contributed by atoms with Crippen LogP contribution in [-0.2, 0) is 9.53 Å². The van der Waals surface area contributed by atoms with Gasteiger partial charge in [-0.2, -0.15) is 0 Å². The first-order chi connectivity index (χ1) is 7.88. The van der Waals surface area contributed by atoms with Gasteiger partial charge in [-0.25, -0.2) is 4.79 Å². The number of amides is 1. The van der Waals surface area contributed by atoms with Crippen LogP contribution in [0.4, 0.5) is 4.79 Å². The Kier molecular flexibility index (Phi) is 3.87. The molecule has 0 aromatic carbocycles. The van der Waals surface area contributed by atoms with E-state index in [1.807, 2.05) is 0 Å². The second kappa shape index (κ2) is 4.98. The minimum Gasteiger partial charge on any atom is -0.469 e. The van der Waals surface area contributed by atoms with Gasteiger partial charge in [-0.3, -0.25) is 14.9 Å². The van der Waals surface area contributed by atoms with Gasteiger partial charge in [0.2, 0.25) is 6.54 Å². The van der Waals surface area contributed by atoms with Crippen molar-refractivity contribution in [1.29, 1.82) is 0 Å². The van der Waals surface area contributed by atoms with E-state index >= 15 is 0 Å². The Morgan fingerprint density at radius 2 is 2.24 bits per heavy atom. The van der Waals surface area contributed by atoms with Gasteiger partial charge in [-0.05, 0) is 6.42 Å². The normalized spacial score (nSPS) is 23.5. The number of hydrogen-bond donors (Lipinski definition) is 1. The van der Waals surface area contributed by atoms with Crippen molar-refractivity contribution in [2.45, 2.75) is 12.8 Å². The van der Waals surface area contributed by atoms with Crippen molar-refractivity contribution in [2.75, 3.05) is 26.7 Å². The van der Waals surface area contributed by atoms with E-state index in [1.165, 1.54) is 7.11 Å². The maximum absolute atomic E-state index is 11.2. The van der Waals surface area contributed by atoms with Crippen LogP contribution in [0.25, 0.3) is 0 Å². The first kappa shape index (κ1) is 13.2. The third-order valence-electron chi connectivity index (χ3n) is 2.92. The molecule has 0 saturated carbocycles. The summed E-state index contributed by atoms with van der Waals surface area (Å²) in [5.41, 5.74) is -0.936. The van der Waals surface area contributed by atoms with Gasteiger partial charge in [0.15, 0.2) is 0 Å². The maximum Gasteiger partial charge on any atom is 0.407 e. The lowest BCUT2D eigenvalue weighted by Crippen LogP contribution is -2.37. The quantitative estimate of drug-likeness (QED) is 0.431.